The normalized spacial score (nSPS) is 28.0. The van der Waals surface area contributed by atoms with Crippen LogP contribution in [0, 0.1) is 0 Å². The van der Waals surface area contributed by atoms with Gasteiger partial charge in [-0.25, -0.2) is 10.9 Å². The first kappa shape index (κ1) is 19.1. The van der Waals surface area contributed by atoms with Crippen LogP contribution in [-0.2, 0) is 9.59 Å². The van der Waals surface area contributed by atoms with Crippen LogP contribution in [0.3, 0.4) is 0 Å². The Morgan fingerprint density at radius 2 is 1.92 bits per heavy atom. The Labute approximate surface area is 158 Å². The third-order valence-electron chi connectivity index (χ3n) is 5.21. The van der Waals surface area contributed by atoms with Crippen LogP contribution in [0.5, 0.6) is 0 Å². The van der Waals surface area contributed by atoms with Gasteiger partial charge < -0.3 is 10.4 Å². The molecule has 2 unspecified atom stereocenters. The van der Waals surface area contributed by atoms with E-state index in [-0.39, 0.29) is 36.6 Å². The van der Waals surface area contributed by atoms with Crippen LogP contribution in [0.15, 0.2) is 24.3 Å². The van der Waals surface area contributed by atoms with Gasteiger partial charge in [0.25, 0.3) is 0 Å². The SMILES string of the molecule is CCN(CC(=O)O)C1CC(NC(=O)C2CC(c3ccc(Cl)cc3)NN2)C1. The number of carbonyl (C=O) groups is 2. The van der Waals surface area contributed by atoms with Gasteiger partial charge in [-0.1, -0.05) is 30.7 Å². The average molecular weight is 381 g/mol. The Bertz CT molecular complexity index is 648. The summed E-state index contributed by atoms with van der Waals surface area (Å²) in [5.74, 6) is -0.826. The number of hydrogen-bond donors (Lipinski definition) is 4. The van der Waals surface area contributed by atoms with Gasteiger partial charge in [0.05, 0.1) is 6.54 Å². The zero-order chi connectivity index (χ0) is 18.7. The van der Waals surface area contributed by atoms with Crippen molar-refractivity contribution < 1.29 is 14.7 Å². The van der Waals surface area contributed by atoms with E-state index in [2.05, 4.69) is 16.2 Å². The molecule has 1 saturated heterocycles. The highest BCUT2D eigenvalue weighted by Crippen LogP contribution is 2.27. The van der Waals surface area contributed by atoms with Gasteiger partial charge in [0.1, 0.15) is 6.04 Å². The molecule has 1 saturated carbocycles. The fourth-order valence-electron chi connectivity index (χ4n) is 3.62. The van der Waals surface area contributed by atoms with Gasteiger partial charge in [-0.3, -0.25) is 14.5 Å². The minimum atomic E-state index is -0.811. The van der Waals surface area contributed by atoms with Crippen molar-refractivity contribution in [2.24, 2.45) is 0 Å². The second-order valence-electron chi connectivity index (χ2n) is 6.97. The molecule has 142 valence electrons. The molecule has 2 atom stereocenters. The summed E-state index contributed by atoms with van der Waals surface area (Å²) < 4.78 is 0. The molecule has 0 aromatic heterocycles. The number of hydrazine groups is 1. The van der Waals surface area contributed by atoms with E-state index in [1.807, 2.05) is 36.1 Å². The van der Waals surface area contributed by atoms with Crippen LogP contribution >= 0.6 is 11.6 Å². The van der Waals surface area contributed by atoms with E-state index in [9.17, 15) is 9.59 Å². The molecular weight excluding hydrogens is 356 g/mol. The lowest BCUT2D eigenvalue weighted by atomic mass is 9.85. The van der Waals surface area contributed by atoms with E-state index in [4.69, 9.17) is 16.7 Å². The number of carboxylic acid groups (broad SMARTS) is 1. The summed E-state index contributed by atoms with van der Waals surface area (Å²) in [5, 5.41) is 12.7. The van der Waals surface area contributed by atoms with E-state index in [1.54, 1.807) is 0 Å². The molecule has 0 bridgehead atoms. The maximum Gasteiger partial charge on any atom is 0.317 e. The molecule has 8 heteroatoms. The maximum absolute atomic E-state index is 12.5. The van der Waals surface area contributed by atoms with Crippen molar-refractivity contribution in [2.75, 3.05) is 13.1 Å². The summed E-state index contributed by atoms with van der Waals surface area (Å²) in [6, 6.07) is 7.75. The van der Waals surface area contributed by atoms with Gasteiger partial charge in [0.2, 0.25) is 5.91 Å². The van der Waals surface area contributed by atoms with Gasteiger partial charge in [-0.15, -0.1) is 0 Å². The van der Waals surface area contributed by atoms with Crippen molar-refractivity contribution in [3.63, 3.8) is 0 Å². The van der Waals surface area contributed by atoms with Crippen LogP contribution in [0.1, 0.15) is 37.8 Å². The summed E-state index contributed by atoms with van der Waals surface area (Å²) in [6.45, 7) is 2.72. The van der Waals surface area contributed by atoms with Crippen LogP contribution in [0.2, 0.25) is 5.02 Å². The molecule has 1 aliphatic carbocycles. The molecule has 1 amide bonds. The summed E-state index contributed by atoms with van der Waals surface area (Å²) >= 11 is 5.91. The number of nitrogens with one attached hydrogen (secondary N) is 3. The van der Waals surface area contributed by atoms with Crippen molar-refractivity contribution in [3.05, 3.63) is 34.9 Å². The molecular formula is C18H25ClN4O3. The number of benzene rings is 1. The quantitative estimate of drug-likeness (QED) is 0.569. The Morgan fingerprint density at radius 3 is 2.54 bits per heavy atom. The third kappa shape index (κ3) is 4.54. The topological polar surface area (TPSA) is 93.7 Å². The van der Waals surface area contributed by atoms with Gasteiger partial charge in [-0.2, -0.15) is 0 Å². The van der Waals surface area contributed by atoms with E-state index in [1.165, 1.54) is 0 Å². The monoisotopic (exact) mass is 380 g/mol. The van der Waals surface area contributed by atoms with Crippen LogP contribution in [0.25, 0.3) is 0 Å². The van der Waals surface area contributed by atoms with E-state index in [0.29, 0.717) is 18.0 Å². The number of halogens is 1. The maximum atomic E-state index is 12.5. The molecule has 4 N–H and O–H groups in total. The Morgan fingerprint density at radius 1 is 1.23 bits per heavy atom. The Kier molecular flexibility index (Phi) is 6.13. The molecule has 1 aromatic rings. The molecule has 2 aliphatic rings. The smallest absolute Gasteiger partial charge is 0.317 e. The first-order valence-electron chi connectivity index (χ1n) is 8.99. The minimum absolute atomic E-state index is 0.0151. The minimum Gasteiger partial charge on any atom is -0.480 e. The lowest BCUT2D eigenvalue weighted by molar-refractivity contribution is -0.139. The summed E-state index contributed by atoms with van der Waals surface area (Å²) in [7, 11) is 0. The van der Waals surface area contributed by atoms with Gasteiger partial charge >= 0.3 is 5.97 Å². The third-order valence-corrected chi connectivity index (χ3v) is 5.46. The van der Waals surface area contributed by atoms with E-state index >= 15 is 0 Å². The number of nitrogens with zero attached hydrogens (tertiary/aromatic N) is 1. The molecule has 0 spiro atoms. The first-order valence-corrected chi connectivity index (χ1v) is 9.36. The van der Waals surface area contributed by atoms with Gasteiger partial charge in [0.15, 0.2) is 0 Å². The van der Waals surface area contributed by atoms with Gasteiger partial charge in [-0.05, 0) is 43.5 Å². The second-order valence-corrected chi connectivity index (χ2v) is 7.41. The van der Waals surface area contributed by atoms with Crippen LogP contribution < -0.4 is 16.2 Å². The summed E-state index contributed by atoms with van der Waals surface area (Å²) in [4.78, 5) is 25.3. The largest absolute Gasteiger partial charge is 0.480 e. The fourth-order valence-corrected chi connectivity index (χ4v) is 3.75. The van der Waals surface area contributed by atoms with Crippen molar-refractivity contribution in [3.8, 4) is 0 Å². The predicted molar refractivity (Wildman–Crippen MR) is 98.7 cm³/mol. The molecule has 1 heterocycles. The number of aliphatic carboxylic acids is 1. The number of carboxylic acids is 1. The Balaban J connectivity index is 1.44. The van der Waals surface area contributed by atoms with Crippen LogP contribution in [0.4, 0.5) is 0 Å². The number of rotatable bonds is 7. The highest BCUT2D eigenvalue weighted by Gasteiger charge is 2.37. The van der Waals surface area contributed by atoms with E-state index in [0.717, 1.165) is 18.4 Å². The average Bonchev–Trinajstić information content (AvgIpc) is 3.06. The second kappa shape index (κ2) is 8.35. The summed E-state index contributed by atoms with van der Waals surface area (Å²) in [5.41, 5.74) is 7.32. The lowest BCUT2D eigenvalue weighted by Gasteiger charge is -2.42. The van der Waals surface area contributed by atoms with Crippen molar-refractivity contribution in [1.82, 2.24) is 21.1 Å². The van der Waals surface area contributed by atoms with Crippen LogP contribution in [-0.4, -0.2) is 53.1 Å². The van der Waals surface area contributed by atoms with Crippen molar-refractivity contribution >= 4 is 23.5 Å². The molecule has 3 rings (SSSR count). The molecule has 1 aliphatic heterocycles. The van der Waals surface area contributed by atoms with Gasteiger partial charge in [0, 0.05) is 23.1 Å². The number of hydrogen-bond acceptors (Lipinski definition) is 5. The standard InChI is InChI=1S/C18H25ClN4O3/c1-2-23(10-17(24)25)14-7-13(8-14)20-18(26)16-9-15(21-22-16)11-3-5-12(19)6-4-11/h3-6,13-16,21-22H,2,7-10H2,1H3,(H,20,26)(H,24,25). The highest BCUT2D eigenvalue weighted by molar-refractivity contribution is 6.30. The fraction of sp³-hybridized carbons (Fsp3) is 0.556. The first-order chi connectivity index (χ1) is 12.5. The molecule has 7 nitrogen and oxygen atoms in total. The Hall–Kier alpha value is -1.67. The lowest BCUT2D eigenvalue weighted by Crippen LogP contribution is -2.57. The number of amides is 1. The molecule has 1 aromatic carbocycles. The summed E-state index contributed by atoms with van der Waals surface area (Å²) in [6.07, 6.45) is 2.27. The molecule has 0 radical (unpaired) electrons. The predicted octanol–water partition coefficient (Wildman–Crippen LogP) is 1.30. The zero-order valence-electron chi connectivity index (χ0n) is 14.7. The number of carbonyl (C=O) groups excluding carboxylic acids is 1. The number of likely N-dealkylation sites (N-methyl/N-ethyl adjacent to an activating group) is 1. The van der Waals surface area contributed by atoms with Crippen molar-refractivity contribution in [2.45, 2.75) is 50.4 Å². The molecule has 2 fully saturated rings. The molecule has 26 heavy (non-hydrogen) atoms. The highest BCUT2D eigenvalue weighted by atomic mass is 35.5. The van der Waals surface area contributed by atoms with E-state index < -0.39 is 5.97 Å². The van der Waals surface area contributed by atoms with Crippen molar-refractivity contribution in [1.29, 1.82) is 0 Å². The zero-order valence-corrected chi connectivity index (χ0v) is 15.5.